The van der Waals surface area contributed by atoms with Crippen molar-refractivity contribution in [3.05, 3.63) is 46.0 Å². The van der Waals surface area contributed by atoms with Crippen LogP contribution >= 0.6 is 0 Å². The Kier molecular flexibility index (Phi) is 2.53. The molecule has 2 saturated heterocycles. The first-order valence-electron chi connectivity index (χ1n) is 6.95. The molecule has 0 aromatic heterocycles. The highest BCUT2D eigenvalue weighted by Gasteiger charge is 2.61. The quantitative estimate of drug-likeness (QED) is 0.356. The molecule has 2 bridgehead atoms. The maximum atomic E-state index is 12.6. The van der Waals surface area contributed by atoms with Crippen LogP contribution in [0.25, 0.3) is 0 Å². The fraction of sp³-hybridized carbons (Fsp3) is 0.333. The highest BCUT2D eigenvalue weighted by molar-refractivity contribution is 6.23. The largest absolute Gasteiger partial charge is 0.365 e. The molecule has 2 amide bonds. The maximum absolute atomic E-state index is 12.6. The molecule has 0 spiro atoms. The summed E-state index contributed by atoms with van der Waals surface area (Å²) in [6.45, 7) is 1.72. The van der Waals surface area contributed by atoms with Crippen LogP contribution in [0.3, 0.4) is 0 Å². The number of hydrogen-bond acceptors (Lipinski definition) is 5. The van der Waals surface area contributed by atoms with Crippen LogP contribution in [-0.4, -0.2) is 28.9 Å². The Hall–Kier alpha value is -2.54. The summed E-state index contributed by atoms with van der Waals surface area (Å²) in [5.74, 6) is -1.70. The topological polar surface area (TPSA) is 89.8 Å². The number of imide groups is 1. The molecule has 22 heavy (non-hydrogen) atoms. The molecule has 3 aliphatic rings. The molecular weight excluding hydrogens is 288 g/mol. The Morgan fingerprint density at radius 1 is 1.14 bits per heavy atom. The minimum absolute atomic E-state index is 0.143. The summed E-state index contributed by atoms with van der Waals surface area (Å²) >= 11 is 0. The van der Waals surface area contributed by atoms with Gasteiger partial charge in [-0.25, -0.2) is 4.90 Å². The number of non-ortho nitro benzene ring substituents is 1. The lowest BCUT2D eigenvalue weighted by atomic mass is 9.85. The first-order chi connectivity index (χ1) is 10.5. The predicted molar refractivity (Wildman–Crippen MR) is 75.1 cm³/mol. The molecule has 7 nitrogen and oxygen atoms in total. The second-order valence-corrected chi connectivity index (χ2v) is 5.74. The van der Waals surface area contributed by atoms with Crippen LogP contribution in [-0.2, 0) is 14.3 Å². The molecule has 4 rings (SSSR count). The summed E-state index contributed by atoms with van der Waals surface area (Å²) in [6.07, 6.45) is 2.88. The smallest absolute Gasteiger partial charge is 0.271 e. The predicted octanol–water partition coefficient (Wildman–Crippen LogP) is 1.35. The number of fused-ring (bicyclic) bond motifs is 5. The van der Waals surface area contributed by atoms with Gasteiger partial charge in [0, 0.05) is 12.1 Å². The van der Waals surface area contributed by atoms with E-state index in [0.29, 0.717) is 5.56 Å². The number of rotatable bonds is 2. The van der Waals surface area contributed by atoms with Crippen molar-refractivity contribution in [2.45, 2.75) is 19.1 Å². The van der Waals surface area contributed by atoms with Gasteiger partial charge >= 0.3 is 0 Å². The molecule has 1 aromatic rings. The molecule has 0 saturated carbocycles. The second-order valence-electron chi connectivity index (χ2n) is 5.74. The summed E-state index contributed by atoms with van der Waals surface area (Å²) < 4.78 is 5.57. The number of carbonyl (C=O) groups is 2. The number of carbonyl (C=O) groups excluding carboxylic acids is 2. The van der Waals surface area contributed by atoms with E-state index in [1.54, 1.807) is 25.1 Å². The van der Waals surface area contributed by atoms with E-state index in [4.69, 9.17) is 4.74 Å². The Morgan fingerprint density at radius 3 is 2.27 bits per heavy atom. The molecule has 1 aromatic carbocycles. The number of amides is 2. The lowest BCUT2D eigenvalue weighted by Gasteiger charge is -2.19. The zero-order valence-corrected chi connectivity index (χ0v) is 11.6. The molecule has 0 unspecified atom stereocenters. The highest BCUT2D eigenvalue weighted by atomic mass is 16.6. The van der Waals surface area contributed by atoms with Crippen molar-refractivity contribution in [1.82, 2.24) is 0 Å². The molecule has 112 valence electrons. The van der Waals surface area contributed by atoms with Gasteiger partial charge in [-0.1, -0.05) is 18.2 Å². The van der Waals surface area contributed by atoms with Crippen molar-refractivity contribution in [3.8, 4) is 0 Å². The van der Waals surface area contributed by atoms with Crippen LogP contribution < -0.4 is 4.90 Å². The van der Waals surface area contributed by atoms with E-state index < -0.39 is 16.8 Å². The van der Waals surface area contributed by atoms with E-state index in [1.165, 1.54) is 12.1 Å². The van der Waals surface area contributed by atoms with Gasteiger partial charge in [0.15, 0.2) is 0 Å². The van der Waals surface area contributed by atoms with Crippen LogP contribution in [0.1, 0.15) is 5.56 Å². The van der Waals surface area contributed by atoms with Crippen molar-refractivity contribution < 1.29 is 19.2 Å². The first-order valence-corrected chi connectivity index (χ1v) is 6.95. The van der Waals surface area contributed by atoms with E-state index >= 15 is 0 Å². The Morgan fingerprint density at radius 2 is 1.73 bits per heavy atom. The van der Waals surface area contributed by atoms with E-state index in [-0.39, 0.29) is 35.4 Å². The lowest BCUT2D eigenvalue weighted by Crippen LogP contribution is -2.34. The number of aryl methyl sites for hydroxylation is 1. The monoisotopic (exact) mass is 300 g/mol. The fourth-order valence-corrected chi connectivity index (χ4v) is 3.49. The normalized spacial score (nSPS) is 32.0. The standard InChI is InChI=1S/C15H12N2O5/c1-7-2-3-8(17(20)21)6-9(7)16-14(18)12-10-4-5-11(22-10)13(12)15(16)19/h2-6,10-13H,1H3/t10-,11+,12+,13-. The number of nitro benzene ring substituents is 1. The molecule has 7 heteroatoms. The van der Waals surface area contributed by atoms with E-state index in [0.717, 1.165) is 4.90 Å². The average Bonchev–Trinajstić information content (AvgIpc) is 3.14. The molecule has 0 radical (unpaired) electrons. The van der Waals surface area contributed by atoms with E-state index in [9.17, 15) is 19.7 Å². The van der Waals surface area contributed by atoms with Gasteiger partial charge in [0.25, 0.3) is 5.69 Å². The number of ether oxygens (including phenoxy) is 1. The molecule has 0 aliphatic carbocycles. The Labute approximate surface area is 125 Å². The minimum atomic E-state index is -0.539. The van der Waals surface area contributed by atoms with Gasteiger partial charge in [-0.3, -0.25) is 19.7 Å². The zero-order valence-electron chi connectivity index (χ0n) is 11.6. The van der Waals surface area contributed by atoms with Crippen LogP contribution in [0.5, 0.6) is 0 Å². The highest BCUT2D eigenvalue weighted by Crippen LogP contribution is 2.46. The molecule has 0 N–H and O–H groups in total. The summed E-state index contributed by atoms with van der Waals surface area (Å²) in [6, 6.07) is 4.19. The Balaban J connectivity index is 1.79. The van der Waals surface area contributed by atoms with Crippen molar-refractivity contribution in [2.75, 3.05) is 4.90 Å². The number of nitro groups is 1. The minimum Gasteiger partial charge on any atom is -0.365 e. The summed E-state index contributed by atoms with van der Waals surface area (Å²) in [5.41, 5.74) is 0.794. The number of hydrogen-bond donors (Lipinski definition) is 0. The summed E-state index contributed by atoms with van der Waals surface area (Å²) in [7, 11) is 0. The van der Waals surface area contributed by atoms with Gasteiger partial charge in [-0.05, 0) is 12.5 Å². The van der Waals surface area contributed by atoms with Gasteiger partial charge in [-0.2, -0.15) is 0 Å². The molecule has 2 fully saturated rings. The average molecular weight is 300 g/mol. The first kappa shape index (κ1) is 13.1. The van der Waals surface area contributed by atoms with E-state index in [2.05, 4.69) is 0 Å². The third-order valence-electron chi connectivity index (χ3n) is 4.56. The van der Waals surface area contributed by atoms with Crippen molar-refractivity contribution in [2.24, 2.45) is 11.8 Å². The van der Waals surface area contributed by atoms with Crippen LogP contribution in [0, 0.1) is 28.9 Å². The number of benzene rings is 1. The van der Waals surface area contributed by atoms with Crippen LogP contribution in [0.15, 0.2) is 30.4 Å². The van der Waals surface area contributed by atoms with Crippen LogP contribution in [0.2, 0.25) is 0 Å². The van der Waals surface area contributed by atoms with Crippen molar-refractivity contribution in [1.29, 1.82) is 0 Å². The number of nitrogens with zero attached hydrogens (tertiary/aromatic N) is 2. The van der Waals surface area contributed by atoms with Crippen molar-refractivity contribution >= 4 is 23.2 Å². The van der Waals surface area contributed by atoms with Gasteiger partial charge < -0.3 is 4.74 Å². The van der Waals surface area contributed by atoms with Gasteiger partial charge in [0.2, 0.25) is 11.8 Å². The number of anilines is 1. The molecule has 3 heterocycles. The maximum Gasteiger partial charge on any atom is 0.271 e. The molecule has 3 aliphatic heterocycles. The summed E-state index contributed by atoms with van der Waals surface area (Å²) in [4.78, 5) is 36.8. The lowest BCUT2D eigenvalue weighted by molar-refractivity contribution is -0.384. The Bertz CT molecular complexity index is 726. The SMILES string of the molecule is Cc1ccc([N+](=O)[O-])cc1N1C(=O)[C@@H]2[C@H](C1=O)[C@@H]1C=C[C@H]2O1. The zero-order chi connectivity index (χ0) is 15.6. The van der Waals surface area contributed by atoms with Gasteiger partial charge in [-0.15, -0.1) is 0 Å². The molecule has 4 atom stereocenters. The van der Waals surface area contributed by atoms with Gasteiger partial charge in [0.1, 0.15) is 0 Å². The second kappa shape index (κ2) is 4.23. The third kappa shape index (κ3) is 1.54. The molecular formula is C15H12N2O5. The van der Waals surface area contributed by atoms with Crippen molar-refractivity contribution in [3.63, 3.8) is 0 Å². The van der Waals surface area contributed by atoms with E-state index in [1.807, 2.05) is 0 Å². The van der Waals surface area contributed by atoms with Gasteiger partial charge in [0.05, 0.1) is 34.7 Å². The summed E-state index contributed by atoms with van der Waals surface area (Å²) in [5, 5.41) is 10.9. The van der Waals surface area contributed by atoms with Crippen LogP contribution in [0.4, 0.5) is 11.4 Å². The fourth-order valence-electron chi connectivity index (χ4n) is 3.49. The third-order valence-corrected chi connectivity index (χ3v) is 4.56.